The summed E-state index contributed by atoms with van der Waals surface area (Å²) in [4.78, 5) is 24.8. The highest BCUT2D eigenvalue weighted by molar-refractivity contribution is 6.30. The number of nitrogens with one attached hydrogen (secondary N) is 2. The van der Waals surface area contributed by atoms with Crippen molar-refractivity contribution in [3.8, 4) is 5.75 Å². The number of hydrogen-bond acceptors (Lipinski definition) is 5. The molecule has 3 aromatic rings. The summed E-state index contributed by atoms with van der Waals surface area (Å²) in [6, 6.07) is 16.6. The van der Waals surface area contributed by atoms with E-state index in [-0.39, 0.29) is 37.1 Å². The molecular formula is C29H31ClF2N2O4. The second-order valence-electron chi connectivity index (χ2n) is 8.96. The van der Waals surface area contributed by atoms with Crippen molar-refractivity contribution >= 4 is 23.5 Å². The van der Waals surface area contributed by atoms with Crippen LogP contribution in [0.4, 0.5) is 8.78 Å². The monoisotopic (exact) mass is 544 g/mol. The number of ether oxygens (including phenoxy) is 1. The molecule has 0 saturated carbocycles. The number of benzene rings is 3. The van der Waals surface area contributed by atoms with Crippen molar-refractivity contribution in [2.24, 2.45) is 0 Å². The molecule has 0 spiro atoms. The van der Waals surface area contributed by atoms with Crippen LogP contribution in [0.1, 0.15) is 36.5 Å². The molecule has 9 heteroatoms. The summed E-state index contributed by atoms with van der Waals surface area (Å²) in [7, 11) is 0. The molecule has 38 heavy (non-hydrogen) atoms. The summed E-state index contributed by atoms with van der Waals surface area (Å²) in [5.41, 5.74) is 2.52. The Bertz CT molecular complexity index is 1220. The highest BCUT2D eigenvalue weighted by atomic mass is 35.5. The van der Waals surface area contributed by atoms with E-state index < -0.39 is 35.7 Å². The summed E-state index contributed by atoms with van der Waals surface area (Å²) in [5.74, 6) is -2.37. The minimum Gasteiger partial charge on any atom is -0.426 e. The van der Waals surface area contributed by atoms with Crippen LogP contribution in [-0.2, 0) is 29.0 Å². The van der Waals surface area contributed by atoms with Gasteiger partial charge in [0.15, 0.2) is 0 Å². The molecule has 0 aromatic heterocycles. The Hall–Kier alpha value is -3.33. The molecule has 0 aliphatic carbocycles. The van der Waals surface area contributed by atoms with Crippen LogP contribution >= 0.6 is 11.6 Å². The highest BCUT2D eigenvalue weighted by Crippen LogP contribution is 2.18. The number of carbonyl (C=O) groups excluding carboxylic acids is 2. The average molecular weight is 545 g/mol. The largest absolute Gasteiger partial charge is 0.426 e. The van der Waals surface area contributed by atoms with Gasteiger partial charge in [0.05, 0.1) is 18.6 Å². The first-order valence-corrected chi connectivity index (χ1v) is 12.8. The normalized spacial score (nSPS) is 12.6. The number of halogens is 3. The van der Waals surface area contributed by atoms with E-state index in [1.807, 2.05) is 18.2 Å². The van der Waals surface area contributed by atoms with Gasteiger partial charge in [0, 0.05) is 30.6 Å². The van der Waals surface area contributed by atoms with Crippen molar-refractivity contribution in [1.29, 1.82) is 0 Å². The molecule has 6 nitrogen and oxygen atoms in total. The minimum absolute atomic E-state index is 0.0124. The van der Waals surface area contributed by atoms with E-state index in [2.05, 4.69) is 23.6 Å². The van der Waals surface area contributed by atoms with Crippen LogP contribution < -0.4 is 15.4 Å². The standard InChI is InChI=1S/C29H31ClF2N2O4/c1-2-19-5-3-6-20(11-19)17-33-18-27(35)26(14-21-12-23(31)16-24(32)13-21)34-28(36)9-10-29(37)38-25-8-4-7-22(30)15-25/h3-8,11-13,15-16,26-27,33,35H,2,9-10,14,17-18H2,1H3,(H,34,36)/t26-,27-/m0/s1. The quantitative estimate of drug-likeness (QED) is 0.214. The van der Waals surface area contributed by atoms with Gasteiger partial charge < -0.3 is 20.5 Å². The zero-order chi connectivity index (χ0) is 27.5. The Labute approximate surface area is 226 Å². The van der Waals surface area contributed by atoms with Crippen molar-refractivity contribution in [3.05, 3.63) is 100 Å². The fraction of sp³-hybridized carbons (Fsp3) is 0.310. The predicted molar refractivity (Wildman–Crippen MR) is 142 cm³/mol. The molecule has 2 atom stereocenters. The van der Waals surface area contributed by atoms with Crippen LogP contribution in [0.5, 0.6) is 5.75 Å². The van der Waals surface area contributed by atoms with Gasteiger partial charge in [-0.3, -0.25) is 9.59 Å². The van der Waals surface area contributed by atoms with Crippen LogP contribution in [0.2, 0.25) is 5.02 Å². The second kappa shape index (κ2) is 14.6. The molecule has 1 amide bonds. The zero-order valence-corrected chi connectivity index (χ0v) is 21.8. The van der Waals surface area contributed by atoms with Crippen LogP contribution in [-0.4, -0.2) is 35.7 Å². The molecule has 0 unspecified atom stereocenters. The summed E-state index contributed by atoms with van der Waals surface area (Å²) in [6.45, 7) is 2.68. The maximum Gasteiger partial charge on any atom is 0.311 e. The molecule has 0 aliphatic heterocycles. The number of esters is 1. The molecule has 202 valence electrons. The summed E-state index contributed by atoms with van der Waals surface area (Å²) >= 11 is 5.88. The van der Waals surface area contributed by atoms with Crippen LogP contribution in [0.25, 0.3) is 0 Å². The predicted octanol–water partition coefficient (Wildman–Crippen LogP) is 4.74. The Morgan fingerprint density at radius 2 is 1.66 bits per heavy atom. The summed E-state index contributed by atoms with van der Waals surface area (Å²) in [5, 5.41) is 17.1. The van der Waals surface area contributed by atoms with Crippen LogP contribution in [0.15, 0.2) is 66.7 Å². The number of aliphatic hydroxyl groups excluding tert-OH is 1. The van der Waals surface area contributed by atoms with Crippen molar-refractivity contribution in [2.75, 3.05) is 6.54 Å². The lowest BCUT2D eigenvalue weighted by molar-refractivity contribution is -0.136. The Kier molecular flexibility index (Phi) is 11.2. The molecule has 3 aromatic carbocycles. The number of carbonyl (C=O) groups is 2. The van der Waals surface area contributed by atoms with E-state index in [1.165, 1.54) is 11.6 Å². The number of rotatable bonds is 13. The Morgan fingerprint density at radius 3 is 2.37 bits per heavy atom. The first-order chi connectivity index (χ1) is 18.2. The van der Waals surface area contributed by atoms with E-state index in [1.54, 1.807) is 18.2 Å². The topological polar surface area (TPSA) is 87.7 Å². The maximum absolute atomic E-state index is 13.7. The average Bonchev–Trinajstić information content (AvgIpc) is 2.86. The highest BCUT2D eigenvalue weighted by Gasteiger charge is 2.23. The fourth-order valence-corrected chi connectivity index (χ4v) is 4.12. The molecular weight excluding hydrogens is 514 g/mol. The number of amides is 1. The SMILES string of the molecule is CCc1cccc(CNC[C@H](O)[C@H](Cc2cc(F)cc(F)c2)NC(=O)CCC(=O)Oc2cccc(Cl)c2)c1. The van der Waals surface area contributed by atoms with Crippen molar-refractivity contribution in [2.45, 2.75) is 51.3 Å². The van der Waals surface area contributed by atoms with E-state index in [0.29, 0.717) is 11.6 Å². The van der Waals surface area contributed by atoms with E-state index in [0.717, 1.165) is 30.2 Å². The van der Waals surface area contributed by atoms with E-state index in [9.17, 15) is 23.5 Å². The van der Waals surface area contributed by atoms with Gasteiger partial charge in [-0.05, 0) is 59.9 Å². The fourth-order valence-electron chi connectivity index (χ4n) is 3.94. The minimum atomic E-state index is -1.07. The lowest BCUT2D eigenvalue weighted by Gasteiger charge is -2.25. The summed E-state index contributed by atoms with van der Waals surface area (Å²) < 4.78 is 32.7. The molecule has 3 rings (SSSR count). The molecule has 0 saturated heterocycles. The van der Waals surface area contributed by atoms with Crippen molar-refractivity contribution in [1.82, 2.24) is 10.6 Å². The van der Waals surface area contributed by atoms with Crippen molar-refractivity contribution < 1.29 is 28.2 Å². The first-order valence-electron chi connectivity index (χ1n) is 12.4. The van der Waals surface area contributed by atoms with E-state index in [4.69, 9.17) is 16.3 Å². The van der Waals surface area contributed by atoms with Gasteiger partial charge in [-0.2, -0.15) is 0 Å². The Balaban J connectivity index is 1.59. The van der Waals surface area contributed by atoms with Crippen LogP contribution in [0.3, 0.4) is 0 Å². The molecule has 0 radical (unpaired) electrons. The molecule has 0 fully saturated rings. The second-order valence-corrected chi connectivity index (χ2v) is 9.40. The van der Waals surface area contributed by atoms with Gasteiger partial charge in [0.1, 0.15) is 17.4 Å². The number of hydrogen-bond donors (Lipinski definition) is 3. The lowest BCUT2D eigenvalue weighted by Crippen LogP contribution is -2.48. The third-order valence-electron chi connectivity index (χ3n) is 5.85. The molecule has 0 bridgehead atoms. The van der Waals surface area contributed by atoms with E-state index >= 15 is 0 Å². The van der Waals surface area contributed by atoms with Crippen LogP contribution in [0, 0.1) is 11.6 Å². The zero-order valence-electron chi connectivity index (χ0n) is 21.1. The van der Waals surface area contributed by atoms with Gasteiger partial charge >= 0.3 is 5.97 Å². The van der Waals surface area contributed by atoms with Gasteiger partial charge in [-0.1, -0.05) is 48.9 Å². The molecule has 0 aliphatic rings. The van der Waals surface area contributed by atoms with Gasteiger partial charge in [-0.15, -0.1) is 0 Å². The van der Waals surface area contributed by atoms with Gasteiger partial charge in [0.25, 0.3) is 0 Å². The Morgan fingerprint density at radius 1 is 0.947 bits per heavy atom. The number of aliphatic hydroxyl groups is 1. The summed E-state index contributed by atoms with van der Waals surface area (Å²) in [6.07, 6.45) is -0.583. The molecule has 0 heterocycles. The smallest absolute Gasteiger partial charge is 0.311 e. The first kappa shape index (κ1) is 29.2. The van der Waals surface area contributed by atoms with Crippen molar-refractivity contribution in [3.63, 3.8) is 0 Å². The lowest BCUT2D eigenvalue weighted by atomic mass is 10.00. The molecule has 3 N–H and O–H groups in total. The van der Waals surface area contributed by atoms with Gasteiger partial charge in [0.2, 0.25) is 5.91 Å². The third kappa shape index (κ3) is 9.85. The maximum atomic E-state index is 13.7. The third-order valence-corrected chi connectivity index (χ3v) is 6.09. The van der Waals surface area contributed by atoms with Gasteiger partial charge in [-0.25, -0.2) is 8.78 Å². The number of aryl methyl sites for hydroxylation is 1.